The first-order valence-electron chi connectivity index (χ1n) is 6.79. The third kappa shape index (κ3) is 2.88. The number of ether oxygens (including phenoxy) is 2. The second-order valence-corrected chi connectivity index (χ2v) is 6.00. The third-order valence-electron chi connectivity index (χ3n) is 3.70. The van der Waals surface area contributed by atoms with Gasteiger partial charge in [0.05, 0.1) is 19.9 Å². The Morgan fingerprint density at radius 1 is 1.29 bits per heavy atom. The number of benzene rings is 1. The van der Waals surface area contributed by atoms with Gasteiger partial charge in [0.2, 0.25) is 5.91 Å². The molecule has 2 aromatic rings. The molecule has 5 heteroatoms. The number of hydrogen-bond acceptors (Lipinski definition) is 4. The topological polar surface area (TPSA) is 47.6 Å². The molecular formula is C16H17NO3S. The van der Waals surface area contributed by atoms with Gasteiger partial charge in [0.15, 0.2) is 0 Å². The summed E-state index contributed by atoms with van der Waals surface area (Å²) in [6, 6.07) is 9.49. The van der Waals surface area contributed by atoms with E-state index < -0.39 is 0 Å². The molecule has 0 saturated heterocycles. The molecule has 1 N–H and O–H groups in total. The summed E-state index contributed by atoms with van der Waals surface area (Å²) >= 11 is 1.71. The van der Waals surface area contributed by atoms with Gasteiger partial charge >= 0.3 is 0 Å². The van der Waals surface area contributed by atoms with Gasteiger partial charge in [-0.1, -0.05) is 6.07 Å². The van der Waals surface area contributed by atoms with E-state index in [1.54, 1.807) is 43.8 Å². The lowest BCUT2D eigenvalue weighted by molar-refractivity contribution is -0.117. The molecule has 1 aromatic carbocycles. The molecule has 0 spiro atoms. The van der Waals surface area contributed by atoms with Crippen LogP contribution in [0.5, 0.6) is 11.5 Å². The van der Waals surface area contributed by atoms with Crippen LogP contribution in [0, 0.1) is 5.92 Å². The van der Waals surface area contributed by atoms with Crippen LogP contribution in [0.1, 0.15) is 17.2 Å². The summed E-state index contributed by atoms with van der Waals surface area (Å²) in [5, 5.41) is 5.00. The van der Waals surface area contributed by atoms with E-state index in [-0.39, 0.29) is 11.8 Å². The van der Waals surface area contributed by atoms with Crippen LogP contribution in [-0.2, 0) is 4.79 Å². The van der Waals surface area contributed by atoms with Crippen molar-refractivity contribution in [1.29, 1.82) is 0 Å². The monoisotopic (exact) mass is 303 g/mol. The fourth-order valence-electron chi connectivity index (χ4n) is 2.44. The van der Waals surface area contributed by atoms with E-state index in [0.29, 0.717) is 23.1 Å². The van der Waals surface area contributed by atoms with Crippen molar-refractivity contribution >= 4 is 22.9 Å². The summed E-state index contributed by atoms with van der Waals surface area (Å²) in [7, 11) is 3.18. The van der Waals surface area contributed by atoms with Crippen molar-refractivity contribution in [3.05, 3.63) is 40.6 Å². The maximum absolute atomic E-state index is 12.3. The van der Waals surface area contributed by atoms with Crippen LogP contribution in [-0.4, -0.2) is 20.1 Å². The lowest BCUT2D eigenvalue weighted by Gasteiger charge is -2.11. The predicted octanol–water partition coefficient (Wildman–Crippen LogP) is 3.51. The molecule has 4 nitrogen and oxygen atoms in total. The van der Waals surface area contributed by atoms with Crippen molar-refractivity contribution in [2.75, 3.05) is 19.5 Å². The highest BCUT2D eigenvalue weighted by Gasteiger charge is 2.44. The maximum Gasteiger partial charge on any atom is 0.228 e. The number of hydrogen-bond donors (Lipinski definition) is 1. The van der Waals surface area contributed by atoms with Crippen molar-refractivity contribution in [1.82, 2.24) is 0 Å². The second-order valence-electron chi connectivity index (χ2n) is 5.02. The van der Waals surface area contributed by atoms with Crippen molar-refractivity contribution in [3.8, 4) is 11.5 Å². The summed E-state index contributed by atoms with van der Waals surface area (Å²) in [5.41, 5.74) is 0.652. The van der Waals surface area contributed by atoms with E-state index in [4.69, 9.17) is 9.47 Å². The first kappa shape index (κ1) is 13.9. The zero-order valence-electron chi connectivity index (χ0n) is 12.0. The first-order chi connectivity index (χ1) is 10.2. The van der Waals surface area contributed by atoms with E-state index >= 15 is 0 Å². The fourth-order valence-corrected chi connectivity index (χ4v) is 3.35. The average Bonchev–Trinajstić information content (AvgIpc) is 3.13. The van der Waals surface area contributed by atoms with Gasteiger partial charge in [-0.05, 0) is 30.0 Å². The van der Waals surface area contributed by atoms with Crippen molar-refractivity contribution in [3.63, 3.8) is 0 Å². The summed E-state index contributed by atoms with van der Waals surface area (Å²) in [6.07, 6.45) is 0.915. The SMILES string of the molecule is COc1ccc(OC)c(NC(=O)C2CC2c2cccs2)c1. The zero-order valence-corrected chi connectivity index (χ0v) is 12.8. The van der Waals surface area contributed by atoms with Crippen molar-refractivity contribution in [2.24, 2.45) is 5.92 Å². The number of carbonyl (C=O) groups excluding carboxylic acids is 1. The summed E-state index contributed by atoms with van der Waals surface area (Å²) < 4.78 is 10.5. The largest absolute Gasteiger partial charge is 0.497 e. The standard InChI is InChI=1S/C16H17NO3S/c1-19-10-5-6-14(20-2)13(8-10)17-16(18)12-9-11(12)15-4-3-7-21-15/h3-8,11-12H,9H2,1-2H3,(H,17,18). The molecule has 1 aromatic heterocycles. The highest BCUT2D eigenvalue weighted by atomic mass is 32.1. The molecule has 1 saturated carbocycles. The molecule has 1 amide bonds. The molecule has 1 aliphatic rings. The third-order valence-corrected chi connectivity index (χ3v) is 4.70. The lowest BCUT2D eigenvalue weighted by Crippen LogP contribution is -2.15. The Bertz CT molecular complexity index is 639. The zero-order chi connectivity index (χ0) is 14.8. The van der Waals surface area contributed by atoms with E-state index in [9.17, 15) is 4.79 Å². The summed E-state index contributed by atoms with van der Waals surface area (Å²) in [6.45, 7) is 0. The minimum Gasteiger partial charge on any atom is -0.497 e. The van der Waals surface area contributed by atoms with Crippen molar-refractivity contribution in [2.45, 2.75) is 12.3 Å². The molecule has 0 radical (unpaired) electrons. The van der Waals surface area contributed by atoms with Crippen molar-refractivity contribution < 1.29 is 14.3 Å². The summed E-state index contributed by atoms with van der Waals surface area (Å²) in [4.78, 5) is 13.6. The molecule has 2 atom stereocenters. The molecule has 3 rings (SSSR count). The van der Waals surface area contributed by atoms with Crippen LogP contribution >= 0.6 is 11.3 Å². The first-order valence-corrected chi connectivity index (χ1v) is 7.67. The van der Waals surface area contributed by atoms with Gasteiger partial charge in [0.25, 0.3) is 0 Å². The number of thiophene rings is 1. The minimum atomic E-state index is 0.0416. The lowest BCUT2D eigenvalue weighted by atomic mass is 10.2. The number of amides is 1. The summed E-state index contributed by atoms with van der Waals surface area (Å²) in [5.74, 6) is 1.79. The molecule has 1 heterocycles. The molecule has 0 aliphatic heterocycles. The van der Waals surface area contributed by atoms with E-state index in [2.05, 4.69) is 11.4 Å². The fraction of sp³-hybridized carbons (Fsp3) is 0.312. The van der Waals surface area contributed by atoms with Gasteiger partial charge in [0, 0.05) is 22.8 Å². The Morgan fingerprint density at radius 3 is 2.81 bits per heavy atom. The van der Waals surface area contributed by atoms with E-state index in [0.717, 1.165) is 6.42 Å². The van der Waals surface area contributed by atoms with Crippen LogP contribution in [0.2, 0.25) is 0 Å². The van der Waals surface area contributed by atoms with Crippen LogP contribution in [0.15, 0.2) is 35.7 Å². The number of anilines is 1. The quantitative estimate of drug-likeness (QED) is 0.919. The highest BCUT2D eigenvalue weighted by molar-refractivity contribution is 7.10. The van der Waals surface area contributed by atoms with Gasteiger partial charge in [-0.2, -0.15) is 0 Å². The van der Waals surface area contributed by atoms with Gasteiger partial charge in [0.1, 0.15) is 11.5 Å². The van der Waals surface area contributed by atoms with Crippen LogP contribution in [0.25, 0.3) is 0 Å². The second kappa shape index (κ2) is 5.77. The van der Waals surface area contributed by atoms with E-state index in [1.165, 1.54) is 4.88 Å². The number of nitrogens with one attached hydrogen (secondary N) is 1. The number of methoxy groups -OCH3 is 2. The van der Waals surface area contributed by atoms with Crippen LogP contribution < -0.4 is 14.8 Å². The minimum absolute atomic E-state index is 0.0416. The average molecular weight is 303 g/mol. The van der Waals surface area contributed by atoms with E-state index in [1.807, 2.05) is 11.4 Å². The Kier molecular flexibility index (Phi) is 3.84. The maximum atomic E-state index is 12.3. The van der Waals surface area contributed by atoms with Gasteiger partial charge in [-0.3, -0.25) is 4.79 Å². The highest BCUT2D eigenvalue weighted by Crippen LogP contribution is 2.49. The Balaban J connectivity index is 1.71. The smallest absolute Gasteiger partial charge is 0.228 e. The number of rotatable bonds is 5. The molecule has 0 bridgehead atoms. The molecular weight excluding hydrogens is 286 g/mol. The van der Waals surface area contributed by atoms with Gasteiger partial charge in [-0.15, -0.1) is 11.3 Å². The van der Waals surface area contributed by atoms with Crippen LogP contribution in [0.4, 0.5) is 5.69 Å². The molecule has 2 unspecified atom stereocenters. The number of carbonyl (C=O) groups is 1. The Labute approximate surface area is 127 Å². The normalized spacial score (nSPS) is 19.9. The predicted molar refractivity (Wildman–Crippen MR) is 83.3 cm³/mol. The Morgan fingerprint density at radius 2 is 2.14 bits per heavy atom. The molecule has 110 valence electrons. The van der Waals surface area contributed by atoms with Crippen LogP contribution in [0.3, 0.4) is 0 Å². The van der Waals surface area contributed by atoms with Gasteiger partial charge in [-0.25, -0.2) is 0 Å². The molecule has 1 aliphatic carbocycles. The van der Waals surface area contributed by atoms with Gasteiger partial charge < -0.3 is 14.8 Å². The molecule has 21 heavy (non-hydrogen) atoms. The molecule has 1 fully saturated rings. The Hall–Kier alpha value is -2.01.